The van der Waals surface area contributed by atoms with Gasteiger partial charge in [-0.1, -0.05) is 126 Å². The zero-order chi connectivity index (χ0) is 29.5. The first kappa shape index (κ1) is 34.1. The molecule has 43 heavy (non-hydrogen) atoms. The average Bonchev–Trinajstić information content (AvgIpc) is 3.70. The SMILES string of the molecule is Cc1cc(C)cc(P(c2cc(C)cc(C)c2)[C@@H](C)[C]2[C][C][C][C]2)c1.[C]1[C][C][C](P(c2ccccc2)c2ccccc2)[C]1.[Fe]. The summed E-state index contributed by atoms with van der Waals surface area (Å²) in [7, 11) is -1.11. The standard InChI is InChI=1S/C23H22P.C17H10P.Fe/c1-16-10-17(2)13-22(12-16)24(20(5)21-8-6-7-9-21)23-14-18(3)11-19(4)15-23;1-3-9-15(10-4-1)18(17-13-7-8-14-17)16-11-5-2-6-12-16;/h10-15,20H,1-5H3;1-6,9-12H;/t20-;;/m0../s1. The second-order valence-electron chi connectivity index (χ2n) is 10.5. The summed E-state index contributed by atoms with van der Waals surface area (Å²) in [6, 6.07) is 34.8. The molecule has 2 aliphatic rings. The van der Waals surface area contributed by atoms with E-state index in [1.165, 1.54) is 43.5 Å². The maximum atomic E-state index is 3.20. The van der Waals surface area contributed by atoms with Crippen LogP contribution in [0.2, 0.25) is 0 Å². The summed E-state index contributed by atoms with van der Waals surface area (Å²) in [5, 5.41) is 5.45. The van der Waals surface area contributed by atoms with E-state index in [1.54, 1.807) is 0 Å². The Morgan fingerprint density at radius 1 is 0.488 bits per heavy atom. The molecule has 6 rings (SSSR count). The van der Waals surface area contributed by atoms with Gasteiger partial charge in [0.15, 0.2) is 0 Å². The Balaban J connectivity index is 0.000000199. The minimum atomic E-state index is -0.583. The minimum absolute atomic E-state index is 0. The van der Waals surface area contributed by atoms with Gasteiger partial charge < -0.3 is 0 Å². The molecule has 0 bridgehead atoms. The smallest absolute Gasteiger partial charge is 0.0248 e. The summed E-state index contributed by atoms with van der Waals surface area (Å²) in [5.41, 5.74) is 6.68. The molecule has 1 atom stereocenters. The number of hydrogen-bond donors (Lipinski definition) is 0. The van der Waals surface area contributed by atoms with Gasteiger partial charge in [-0.3, -0.25) is 0 Å². The Labute approximate surface area is 275 Å². The molecular formula is C40H32FeP2. The molecule has 0 spiro atoms. The average molecular weight is 630 g/mol. The second-order valence-corrected chi connectivity index (χ2v) is 15.2. The topological polar surface area (TPSA) is 0 Å². The molecule has 0 heterocycles. The van der Waals surface area contributed by atoms with Gasteiger partial charge in [0.1, 0.15) is 0 Å². The van der Waals surface area contributed by atoms with Crippen LogP contribution in [0.25, 0.3) is 0 Å². The normalized spacial score (nSPS) is 16.2. The molecule has 4 aromatic carbocycles. The Morgan fingerprint density at radius 2 is 0.860 bits per heavy atom. The zero-order valence-corrected chi connectivity index (χ0v) is 28.0. The summed E-state index contributed by atoms with van der Waals surface area (Å²) in [6.45, 7) is 11.0. The quantitative estimate of drug-likeness (QED) is 0.146. The van der Waals surface area contributed by atoms with E-state index in [9.17, 15) is 0 Å². The van der Waals surface area contributed by atoms with Crippen molar-refractivity contribution < 1.29 is 17.1 Å². The number of benzene rings is 4. The Morgan fingerprint density at radius 3 is 1.26 bits per heavy atom. The summed E-state index contributed by atoms with van der Waals surface area (Å²) in [6.07, 6.45) is 24.2. The molecule has 2 aliphatic carbocycles. The third kappa shape index (κ3) is 9.15. The third-order valence-electron chi connectivity index (χ3n) is 6.91. The number of hydrogen-bond acceptors (Lipinski definition) is 0. The molecule has 2 saturated carbocycles. The van der Waals surface area contributed by atoms with Crippen molar-refractivity contribution >= 4 is 37.1 Å². The fourth-order valence-electron chi connectivity index (χ4n) is 5.23. The van der Waals surface area contributed by atoms with Crippen molar-refractivity contribution in [2.45, 2.75) is 40.3 Å². The third-order valence-corrected chi connectivity index (χ3v) is 11.9. The van der Waals surface area contributed by atoms with Crippen molar-refractivity contribution in [2.75, 3.05) is 0 Å². The monoisotopic (exact) mass is 630 g/mol. The second kappa shape index (κ2) is 16.5. The summed E-state index contributed by atoms with van der Waals surface area (Å²) in [4.78, 5) is 0. The van der Waals surface area contributed by atoms with Crippen molar-refractivity contribution in [2.24, 2.45) is 0 Å². The van der Waals surface area contributed by atoms with Gasteiger partial charge in [0, 0.05) is 74.1 Å². The van der Waals surface area contributed by atoms with E-state index in [4.69, 9.17) is 0 Å². The van der Waals surface area contributed by atoms with E-state index in [0.29, 0.717) is 5.66 Å². The van der Waals surface area contributed by atoms with Crippen molar-refractivity contribution in [3.63, 3.8) is 0 Å². The summed E-state index contributed by atoms with van der Waals surface area (Å²) in [5.74, 6) is 1.08. The van der Waals surface area contributed by atoms with Crippen LogP contribution in [0.3, 0.4) is 0 Å². The number of rotatable bonds is 7. The summed E-state index contributed by atoms with van der Waals surface area (Å²) >= 11 is 0. The van der Waals surface area contributed by atoms with Gasteiger partial charge in [0.2, 0.25) is 0 Å². The number of aryl methyl sites for hydroxylation is 4. The first-order valence-corrected chi connectivity index (χ1v) is 16.8. The largest absolute Gasteiger partial charge is 0.0622 e. The Bertz CT molecular complexity index is 1270. The van der Waals surface area contributed by atoms with Crippen LogP contribution in [0.4, 0.5) is 0 Å². The van der Waals surface area contributed by atoms with Crippen LogP contribution in [0, 0.1) is 90.6 Å². The molecule has 3 heteroatoms. The zero-order valence-electron chi connectivity index (χ0n) is 25.1. The van der Waals surface area contributed by atoms with Crippen molar-refractivity contribution in [3.05, 3.63) is 182 Å². The maximum Gasteiger partial charge on any atom is 0.0248 e. The molecule has 4 aromatic rings. The fraction of sp³-hybridized carbons (Fsp3) is 0.150. The van der Waals surface area contributed by atoms with E-state index < -0.39 is 15.8 Å². The minimum Gasteiger partial charge on any atom is -0.0622 e. The van der Waals surface area contributed by atoms with E-state index in [-0.39, 0.29) is 17.1 Å². The van der Waals surface area contributed by atoms with Crippen molar-refractivity contribution in [1.29, 1.82) is 0 Å². The van der Waals surface area contributed by atoms with Crippen LogP contribution in [-0.4, -0.2) is 5.66 Å². The van der Waals surface area contributed by atoms with Crippen LogP contribution >= 0.6 is 15.8 Å². The Hall–Kier alpha value is -1.74. The van der Waals surface area contributed by atoms with Gasteiger partial charge in [0.05, 0.1) is 0 Å². The molecule has 0 saturated heterocycles. The van der Waals surface area contributed by atoms with Crippen LogP contribution in [0.15, 0.2) is 97.1 Å². The van der Waals surface area contributed by atoms with E-state index in [0.717, 1.165) is 11.6 Å². The fourth-order valence-corrected chi connectivity index (χ4v) is 10.3. The van der Waals surface area contributed by atoms with Gasteiger partial charge >= 0.3 is 0 Å². The molecule has 210 valence electrons. The van der Waals surface area contributed by atoms with Crippen molar-refractivity contribution in [3.8, 4) is 0 Å². The van der Waals surface area contributed by atoms with Crippen LogP contribution in [-0.2, 0) is 17.1 Å². The molecular weight excluding hydrogens is 598 g/mol. The molecule has 0 unspecified atom stereocenters. The Kier molecular flexibility index (Phi) is 13.1. The van der Waals surface area contributed by atoms with E-state index in [2.05, 4.69) is 171 Å². The van der Waals surface area contributed by atoms with Gasteiger partial charge in [-0.25, -0.2) is 0 Å². The molecule has 0 aliphatic heterocycles. The van der Waals surface area contributed by atoms with Gasteiger partial charge in [-0.15, -0.1) is 0 Å². The first-order chi connectivity index (χ1) is 20.4. The molecule has 0 nitrogen and oxygen atoms in total. The van der Waals surface area contributed by atoms with Gasteiger partial charge in [-0.2, -0.15) is 0 Å². The first-order valence-electron chi connectivity index (χ1n) is 14.0. The molecule has 18 radical (unpaired) electrons. The van der Waals surface area contributed by atoms with Gasteiger partial charge in [-0.05, 0) is 76.3 Å². The predicted molar refractivity (Wildman–Crippen MR) is 179 cm³/mol. The van der Waals surface area contributed by atoms with Crippen LogP contribution in [0.5, 0.6) is 0 Å². The van der Waals surface area contributed by atoms with Crippen molar-refractivity contribution in [1.82, 2.24) is 0 Å². The molecule has 0 amide bonds. The van der Waals surface area contributed by atoms with E-state index >= 15 is 0 Å². The molecule has 2 fully saturated rings. The molecule has 0 aromatic heterocycles. The van der Waals surface area contributed by atoms with Crippen LogP contribution < -0.4 is 21.2 Å². The van der Waals surface area contributed by atoms with Gasteiger partial charge in [0.25, 0.3) is 0 Å². The van der Waals surface area contributed by atoms with Crippen LogP contribution in [0.1, 0.15) is 29.2 Å². The summed E-state index contributed by atoms with van der Waals surface area (Å²) < 4.78 is 0. The molecule has 0 N–H and O–H groups in total. The maximum absolute atomic E-state index is 3.20. The van der Waals surface area contributed by atoms with E-state index in [1.807, 2.05) is 12.1 Å². The predicted octanol–water partition coefficient (Wildman–Crippen LogP) is 7.64.